The van der Waals surface area contributed by atoms with E-state index in [0.717, 1.165) is 4.90 Å². The van der Waals surface area contributed by atoms with Crippen LogP contribution in [0.25, 0.3) is 0 Å². The van der Waals surface area contributed by atoms with Crippen LogP contribution in [0.4, 0.5) is 5.69 Å². The van der Waals surface area contributed by atoms with Gasteiger partial charge >= 0.3 is 0 Å². The van der Waals surface area contributed by atoms with Crippen LogP contribution in [0.1, 0.15) is 37.9 Å². The zero-order valence-corrected chi connectivity index (χ0v) is 19.8. The van der Waals surface area contributed by atoms with Crippen molar-refractivity contribution in [3.8, 4) is 0 Å². The summed E-state index contributed by atoms with van der Waals surface area (Å²) in [6, 6.07) is 17.9. The summed E-state index contributed by atoms with van der Waals surface area (Å²) >= 11 is 12.3. The lowest BCUT2D eigenvalue weighted by atomic mass is 9.77. The van der Waals surface area contributed by atoms with E-state index in [1.807, 2.05) is 0 Å². The smallest absolute Gasteiger partial charge is 0.241 e. The fraction of sp³-hybridized carbons (Fsp3) is 0.185. The van der Waals surface area contributed by atoms with Crippen LogP contribution in [-0.2, 0) is 14.3 Å². The zero-order valence-electron chi connectivity index (χ0n) is 18.3. The Bertz CT molecular complexity index is 1430. The van der Waals surface area contributed by atoms with Gasteiger partial charge in [-0.25, -0.2) is 4.90 Å². The van der Waals surface area contributed by atoms with Crippen LogP contribution in [0.2, 0.25) is 10.0 Å². The highest BCUT2D eigenvalue weighted by atomic mass is 35.5. The van der Waals surface area contributed by atoms with Crippen molar-refractivity contribution in [3.05, 3.63) is 99.0 Å². The summed E-state index contributed by atoms with van der Waals surface area (Å²) in [5.74, 6) is -4.80. The molecule has 2 heterocycles. The van der Waals surface area contributed by atoms with Gasteiger partial charge in [-0.2, -0.15) is 0 Å². The molecule has 2 fully saturated rings. The van der Waals surface area contributed by atoms with E-state index in [9.17, 15) is 19.2 Å². The molecule has 1 spiro atoms. The third kappa shape index (κ3) is 2.82. The maximum Gasteiger partial charge on any atom is 0.241 e. The molecule has 3 atom stereocenters. The number of amides is 2. The number of hydrogen-bond acceptors (Lipinski definition) is 5. The number of Topliss-reactive ketones (excluding diaryl/α,β-unsaturated/α-hetero) is 2. The first-order chi connectivity index (χ1) is 16.8. The fourth-order valence-corrected chi connectivity index (χ4v) is 5.84. The summed E-state index contributed by atoms with van der Waals surface area (Å²) in [5, 5.41) is 0.865. The largest absolute Gasteiger partial charge is 0.349 e. The van der Waals surface area contributed by atoms with Gasteiger partial charge in [0.05, 0.1) is 23.6 Å². The van der Waals surface area contributed by atoms with Gasteiger partial charge in [-0.3, -0.25) is 19.2 Å². The van der Waals surface area contributed by atoms with Crippen molar-refractivity contribution in [2.24, 2.45) is 11.8 Å². The number of anilines is 1. The highest BCUT2D eigenvalue weighted by Crippen LogP contribution is 2.58. The minimum atomic E-state index is -2.12. The summed E-state index contributed by atoms with van der Waals surface area (Å²) in [5.41, 5.74) is -0.337. The molecule has 3 aromatic rings. The van der Waals surface area contributed by atoms with Crippen molar-refractivity contribution in [3.63, 3.8) is 0 Å². The molecule has 6 rings (SSSR count). The molecule has 35 heavy (non-hydrogen) atoms. The Morgan fingerprint density at radius 2 is 1.43 bits per heavy atom. The first-order valence-electron chi connectivity index (χ1n) is 11.0. The predicted octanol–water partition coefficient (Wildman–Crippen LogP) is 5.00. The molecule has 174 valence electrons. The molecule has 0 aromatic heterocycles. The molecular weight excluding hydrogens is 489 g/mol. The Hall–Kier alpha value is -3.32. The van der Waals surface area contributed by atoms with Crippen LogP contribution < -0.4 is 4.90 Å². The first-order valence-corrected chi connectivity index (χ1v) is 11.8. The van der Waals surface area contributed by atoms with Crippen molar-refractivity contribution in [1.29, 1.82) is 0 Å². The Morgan fingerprint density at radius 3 is 2.06 bits per heavy atom. The minimum Gasteiger partial charge on any atom is -0.349 e. The van der Waals surface area contributed by atoms with E-state index in [1.54, 1.807) is 73.7 Å². The predicted molar refractivity (Wildman–Crippen MR) is 129 cm³/mol. The summed E-state index contributed by atoms with van der Waals surface area (Å²) in [6.07, 6.45) is -1.000. The van der Waals surface area contributed by atoms with E-state index >= 15 is 0 Å². The number of nitrogens with zero attached hydrogens (tertiary/aromatic N) is 1. The van der Waals surface area contributed by atoms with Crippen molar-refractivity contribution >= 4 is 52.3 Å². The van der Waals surface area contributed by atoms with Crippen LogP contribution in [0.5, 0.6) is 0 Å². The Morgan fingerprint density at radius 1 is 0.800 bits per heavy atom. The standard InChI is InChI=1S/C27H17Cl2NO5/c1-13-18(29)7-4-8-19(13)30-25(33)20-21(26(30)34)27(35-22(20)14-9-11-15(28)12-10-14)23(31)16-5-2-3-6-17(16)24(27)32/h2-12,20-22H,1H3/t20-,21+,22+/m0/s1. The molecular formula is C27H17Cl2NO5. The minimum absolute atomic E-state index is 0.186. The molecule has 2 aliphatic heterocycles. The molecule has 0 saturated carbocycles. The van der Waals surface area contributed by atoms with Gasteiger partial charge in [0.1, 0.15) is 0 Å². The van der Waals surface area contributed by atoms with Crippen LogP contribution >= 0.6 is 23.2 Å². The number of fused-ring (bicyclic) bond motifs is 3. The van der Waals surface area contributed by atoms with Gasteiger partial charge in [-0.15, -0.1) is 0 Å². The van der Waals surface area contributed by atoms with E-state index in [-0.39, 0.29) is 11.1 Å². The second-order valence-corrected chi connectivity index (χ2v) is 9.77. The van der Waals surface area contributed by atoms with Crippen molar-refractivity contribution in [1.82, 2.24) is 0 Å². The fourth-order valence-electron chi connectivity index (χ4n) is 5.55. The highest BCUT2D eigenvalue weighted by Gasteiger charge is 2.74. The first kappa shape index (κ1) is 22.2. The molecule has 0 bridgehead atoms. The van der Waals surface area contributed by atoms with E-state index in [2.05, 4.69) is 0 Å². The SMILES string of the molecule is Cc1c(Cl)cccc1N1C(=O)[C@@H]2[C@@H](c3ccc(Cl)cc3)OC3(C(=O)c4ccccc4C3=O)[C@H]2C1=O. The number of carbonyl (C=O) groups excluding carboxylic acids is 4. The third-order valence-corrected chi connectivity index (χ3v) is 7.86. The second-order valence-electron chi connectivity index (χ2n) is 8.93. The topological polar surface area (TPSA) is 80.8 Å². The average Bonchev–Trinajstić information content (AvgIpc) is 3.42. The molecule has 8 heteroatoms. The van der Waals surface area contributed by atoms with Crippen molar-refractivity contribution in [2.75, 3.05) is 4.90 Å². The van der Waals surface area contributed by atoms with Gasteiger partial charge in [0.15, 0.2) is 0 Å². The molecule has 3 aliphatic rings. The number of benzene rings is 3. The maximum atomic E-state index is 14.0. The number of hydrogen-bond donors (Lipinski definition) is 0. The number of ether oxygens (including phenoxy) is 1. The molecule has 0 unspecified atom stereocenters. The van der Waals surface area contributed by atoms with Gasteiger partial charge < -0.3 is 4.74 Å². The quantitative estimate of drug-likeness (QED) is 0.361. The van der Waals surface area contributed by atoms with Gasteiger partial charge in [-0.1, -0.05) is 65.7 Å². The maximum absolute atomic E-state index is 14.0. The van der Waals surface area contributed by atoms with Crippen LogP contribution in [0, 0.1) is 18.8 Å². The Labute approximate surface area is 210 Å². The normalized spacial score (nSPS) is 24.4. The summed E-state index contributed by atoms with van der Waals surface area (Å²) in [6.45, 7) is 1.71. The lowest BCUT2D eigenvalue weighted by Crippen LogP contribution is -2.51. The Kier molecular flexibility index (Phi) is 4.81. The lowest BCUT2D eigenvalue weighted by molar-refractivity contribution is -0.127. The number of ketones is 2. The Balaban J connectivity index is 1.56. The number of rotatable bonds is 2. The number of imide groups is 1. The molecule has 6 nitrogen and oxygen atoms in total. The summed E-state index contributed by atoms with van der Waals surface area (Å²) in [4.78, 5) is 56.4. The number of halogens is 2. The molecule has 3 aromatic carbocycles. The lowest BCUT2D eigenvalue weighted by Gasteiger charge is -2.27. The third-order valence-electron chi connectivity index (χ3n) is 7.20. The molecule has 0 radical (unpaired) electrons. The van der Waals surface area contributed by atoms with Crippen LogP contribution in [-0.4, -0.2) is 29.0 Å². The van der Waals surface area contributed by atoms with Crippen LogP contribution in [0.3, 0.4) is 0 Å². The van der Waals surface area contributed by atoms with E-state index in [0.29, 0.717) is 26.9 Å². The van der Waals surface area contributed by atoms with E-state index in [1.165, 1.54) is 0 Å². The van der Waals surface area contributed by atoms with Gasteiger partial charge in [0.2, 0.25) is 29.0 Å². The number of carbonyl (C=O) groups is 4. The van der Waals surface area contributed by atoms with Crippen LogP contribution in [0.15, 0.2) is 66.7 Å². The molecule has 0 N–H and O–H groups in total. The molecule has 2 saturated heterocycles. The summed E-state index contributed by atoms with van der Waals surface area (Å²) < 4.78 is 6.25. The van der Waals surface area contributed by atoms with E-state index in [4.69, 9.17) is 27.9 Å². The van der Waals surface area contributed by atoms with Gasteiger partial charge in [0.25, 0.3) is 0 Å². The monoisotopic (exact) mass is 505 g/mol. The van der Waals surface area contributed by atoms with Gasteiger partial charge in [0, 0.05) is 21.2 Å². The average molecular weight is 506 g/mol. The highest BCUT2D eigenvalue weighted by molar-refractivity contribution is 6.37. The van der Waals surface area contributed by atoms with Gasteiger partial charge in [-0.05, 0) is 42.3 Å². The van der Waals surface area contributed by atoms with Crippen molar-refractivity contribution < 1.29 is 23.9 Å². The molecule has 2 amide bonds. The summed E-state index contributed by atoms with van der Waals surface area (Å²) in [7, 11) is 0. The van der Waals surface area contributed by atoms with Crippen molar-refractivity contribution in [2.45, 2.75) is 18.6 Å². The second kappa shape index (κ2) is 7.59. The zero-order chi connectivity index (χ0) is 24.6. The molecule has 1 aliphatic carbocycles. The van der Waals surface area contributed by atoms with E-state index < -0.39 is 46.9 Å².